The maximum Gasteiger partial charge on any atom is 0.293 e. The SMILES string of the molecule is O=C(NS(=O)(=O)c1ccc(N[C@H](CCN2CCOCC2)CSc2ccccc2)c([N+](=O)[O-])c1)c1cccc(N2CCc3cccc(C(=O)Nc4nc5ccccc5s4)c3C2)n1. The number of morpholine rings is 1. The van der Waals surface area contributed by atoms with Crippen molar-refractivity contribution in [3.8, 4) is 0 Å². The third-order valence-corrected chi connectivity index (χ3v) is 13.9. The van der Waals surface area contributed by atoms with E-state index in [9.17, 15) is 28.1 Å². The van der Waals surface area contributed by atoms with Crippen LogP contribution in [0.1, 0.15) is 38.4 Å². The molecule has 0 bridgehead atoms. The minimum absolute atomic E-state index is 0.166. The van der Waals surface area contributed by atoms with Crippen molar-refractivity contribution < 1.29 is 27.7 Å². The van der Waals surface area contributed by atoms with Gasteiger partial charge in [-0.1, -0.05) is 59.9 Å². The van der Waals surface area contributed by atoms with E-state index in [1.807, 2.05) is 76.4 Å². The van der Waals surface area contributed by atoms with E-state index in [-0.39, 0.29) is 23.3 Å². The Morgan fingerprint density at radius 3 is 2.49 bits per heavy atom. The molecule has 314 valence electrons. The fourth-order valence-corrected chi connectivity index (χ4v) is 10.1. The van der Waals surface area contributed by atoms with Crippen molar-refractivity contribution in [1.82, 2.24) is 19.6 Å². The van der Waals surface area contributed by atoms with Crippen LogP contribution < -0.4 is 20.3 Å². The Labute approximate surface area is 360 Å². The molecule has 1 fully saturated rings. The zero-order valence-electron chi connectivity index (χ0n) is 32.9. The highest BCUT2D eigenvalue weighted by atomic mass is 32.2. The van der Waals surface area contributed by atoms with E-state index in [4.69, 9.17) is 4.74 Å². The minimum Gasteiger partial charge on any atom is -0.379 e. The molecule has 0 saturated carbocycles. The summed E-state index contributed by atoms with van der Waals surface area (Å²) in [5.41, 5.74) is 2.68. The highest BCUT2D eigenvalue weighted by Gasteiger charge is 2.28. The highest BCUT2D eigenvalue weighted by molar-refractivity contribution is 7.99. The number of carbonyl (C=O) groups is 2. The molecule has 1 atom stereocenters. The summed E-state index contributed by atoms with van der Waals surface area (Å²) in [6, 6.07) is 31.2. The molecule has 2 aliphatic rings. The fourth-order valence-electron chi connectivity index (χ4n) is 7.28. The van der Waals surface area contributed by atoms with Gasteiger partial charge < -0.3 is 15.0 Å². The van der Waals surface area contributed by atoms with Gasteiger partial charge in [0.25, 0.3) is 27.5 Å². The monoisotopic (exact) mass is 878 g/mol. The second-order valence-electron chi connectivity index (χ2n) is 14.5. The summed E-state index contributed by atoms with van der Waals surface area (Å²) in [6.07, 6.45) is 1.29. The van der Waals surface area contributed by atoms with Crippen LogP contribution >= 0.6 is 23.1 Å². The van der Waals surface area contributed by atoms with Crippen molar-refractivity contribution in [3.63, 3.8) is 0 Å². The number of para-hydroxylation sites is 1. The molecule has 2 aliphatic heterocycles. The molecule has 8 rings (SSSR count). The molecular weight excluding hydrogens is 837 g/mol. The molecular formula is C43H42N8O7S3. The van der Waals surface area contributed by atoms with E-state index in [0.717, 1.165) is 51.9 Å². The zero-order chi connectivity index (χ0) is 42.3. The summed E-state index contributed by atoms with van der Waals surface area (Å²) in [4.78, 5) is 52.6. The number of nitrogens with one attached hydrogen (secondary N) is 3. The van der Waals surface area contributed by atoms with Crippen molar-refractivity contribution in [2.45, 2.75) is 35.2 Å². The predicted octanol–water partition coefficient (Wildman–Crippen LogP) is 6.83. The Morgan fingerprint density at radius 1 is 0.902 bits per heavy atom. The maximum absolute atomic E-state index is 13.6. The summed E-state index contributed by atoms with van der Waals surface area (Å²) < 4.78 is 35.7. The number of hydrogen-bond donors (Lipinski definition) is 3. The fraction of sp³-hybridized carbons (Fsp3) is 0.256. The second kappa shape index (κ2) is 18.8. The van der Waals surface area contributed by atoms with Gasteiger partial charge in [0, 0.05) is 61.0 Å². The van der Waals surface area contributed by atoms with Gasteiger partial charge in [0.2, 0.25) is 0 Å². The number of amides is 2. The first kappa shape index (κ1) is 41.8. The van der Waals surface area contributed by atoms with Gasteiger partial charge in [0.05, 0.1) is 33.2 Å². The quantitative estimate of drug-likeness (QED) is 0.0554. The molecule has 0 radical (unpaired) electrons. The van der Waals surface area contributed by atoms with Crippen LogP contribution in [0.3, 0.4) is 0 Å². The molecule has 3 N–H and O–H groups in total. The third kappa shape index (κ3) is 10.2. The van der Waals surface area contributed by atoms with Crippen molar-refractivity contribution in [1.29, 1.82) is 0 Å². The van der Waals surface area contributed by atoms with Crippen LogP contribution in [-0.4, -0.2) is 91.2 Å². The number of benzene rings is 4. The number of nitro benzene ring substituents is 1. The number of ether oxygens (including phenoxy) is 1. The maximum atomic E-state index is 13.6. The molecule has 0 unspecified atom stereocenters. The number of hydrogen-bond acceptors (Lipinski definition) is 14. The Hall–Kier alpha value is -5.92. The lowest BCUT2D eigenvalue weighted by Gasteiger charge is -2.31. The van der Waals surface area contributed by atoms with Gasteiger partial charge in [-0.15, -0.1) is 11.8 Å². The zero-order valence-corrected chi connectivity index (χ0v) is 35.3. The lowest BCUT2D eigenvalue weighted by Crippen LogP contribution is -2.39. The van der Waals surface area contributed by atoms with Crippen LogP contribution in [0.25, 0.3) is 10.2 Å². The Kier molecular flexibility index (Phi) is 12.9. The van der Waals surface area contributed by atoms with Crippen LogP contribution in [0.4, 0.5) is 22.3 Å². The van der Waals surface area contributed by atoms with Gasteiger partial charge in [0.15, 0.2) is 5.13 Å². The number of nitro groups is 1. The van der Waals surface area contributed by atoms with Crippen molar-refractivity contribution in [2.75, 3.05) is 60.7 Å². The summed E-state index contributed by atoms with van der Waals surface area (Å²) in [7, 11) is -4.56. The van der Waals surface area contributed by atoms with E-state index in [1.54, 1.807) is 30.0 Å². The number of aromatic nitrogens is 2. The number of fused-ring (bicyclic) bond motifs is 2. The first-order valence-corrected chi connectivity index (χ1v) is 23.0. The van der Waals surface area contributed by atoms with Crippen LogP contribution in [0, 0.1) is 10.1 Å². The van der Waals surface area contributed by atoms with Gasteiger partial charge in [-0.2, -0.15) is 0 Å². The lowest BCUT2D eigenvalue weighted by molar-refractivity contribution is -0.384. The molecule has 0 aliphatic carbocycles. The number of thioether (sulfide) groups is 1. The Balaban J connectivity index is 0.950. The number of rotatable bonds is 15. The number of thiazole rings is 1. The molecule has 4 aromatic carbocycles. The van der Waals surface area contributed by atoms with Crippen LogP contribution in [0.15, 0.2) is 119 Å². The first-order chi connectivity index (χ1) is 29.6. The molecule has 15 nitrogen and oxygen atoms in total. The number of carbonyl (C=O) groups excluding carboxylic acids is 2. The Bertz CT molecular complexity index is 2640. The smallest absolute Gasteiger partial charge is 0.293 e. The number of anilines is 3. The molecule has 18 heteroatoms. The van der Waals surface area contributed by atoms with Crippen molar-refractivity contribution >= 4 is 77.5 Å². The van der Waals surface area contributed by atoms with Gasteiger partial charge in [-0.3, -0.25) is 29.9 Å². The van der Waals surface area contributed by atoms with E-state index in [2.05, 4.69) is 25.5 Å². The van der Waals surface area contributed by atoms with Crippen LogP contribution in [0.2, 0.25) is 0 Å². The van der Waals surface area contributed by atoms with E-state index >= 15 is 0 Å². The summed E-state index contributed by atoms with van der Waals surface area (Å²) in [5.74, 6) is -0.268. The topological polar surface area (TPSA) is 189 Å². The standard InChI is InChI=1S/C43H42N8O7S3/c52-41(47-43-46-36-12-4-5-14-39(36)60-43)33-11-6-8-29-18-21-50(27-34(29)33)40-15-7-13-37(45-40)42(53)48-61(56,57)32-16-17-35(38(26-32)51(54)55)44-30(19-20-49-22-24-58-25-23-49)28-59-31-9-2-1-3-10-31/h1-17,26,30,44H,18-25,27-28H2,(H,48,53)(H,46,47,52)/t30-/m1/s1. The van der Waals surface area contributed by atoms with E-state index in [0.29, 0.717) is 61.4 Å². The molecule has 0 spiro atoms. The summed E-state index contributed by atoms with van der Waals surface area (Å²) in [5, 5.41) is 19.1. The normalized spacial score (nSPS) is 14.9. The highest BCUT2D eigenvalue weighted by Crippen LogP contribution is 2.32. The molecule has 6 aromatic rings. The van der Waals surface area contributed by atoms with E-state index < -0.39 is 31.4 Å². The molecule has 2 aromatic heterocycles. The lowest BCUT2D eigenvalue weighted by atomic mass is 9.94. The van der Waals surface area contributed by atoms with Crippen LogP contribution in [0.5, 0.6) is 0 Å². The largest absolute Gasteiger partial charge is 0.379 e. The number of nitrogens with zero attached hydrogens (tertiary/aromatic N) is 5. The predicted molar refractivity (Wildman–Crippen MR) is 237 cm³/mol. The van der Waals surface area contributed by atoms with Crippen molar-refractivity contribution in [2.24, 2.45) is 0 Å². The molecule has 2 amide bonds. The first-order valence-electron chi connectivity index (χ1n) is 19.7. The number of sulfonamides is 1. The average Bonchev–Trinajstić information content (AvgIpc) is 3.69. The average molecular weight is 879 g/mol. The van der Waals surface area contributed by atoms with Gasteiger partial charge in [-0.25, -0.2) is 23.1 Å². The molecule has 1 saturated heterocycles. The number of pyridine rings is 1. The van der Waals surface area contributed by atoms with Gasteiger partial charge >= 0.3 is 0 Å². The third-order valence-electron chi connectivity index (χ3n) is 10.5. The Morgan fingerprint density at radius 2 is 1.69 bits per heavy atom. The van der Waals surface area contributed by atoms with Crippen molar-refractivity contribution in [3.05, 3.63) is 142 Å². The molecule has 61 heavy (non-hydrogen) atoms. The summed E-state index contributed by atoms with van der Waals surface area (Å²) >= 11 is 3.01. The molecule has 4 heterocycles. The van der Waals surface area contributed by atoms with Gasteiger partial charge in [-0.05, 0) is 78.6 Å². The summed E-state index contributed by atoms with van der Waals surface area (Å²) in [6.45, 7) is 4.52. The van der Waals surface area contributed by atoms with E-state index in [1.165, 1.54) is 29.5 Å². The minimum atomic E-state index is -4.56. The van der Waals surface area contributed by atoms with Gasteiger partial charge in [0.1, 0.15) is 17.2 Å². The van der Waals surface area contributed by atoms with Crippen LogP contribution in [-0.2, 0) is 27.7 Å². The second-order valence-corrected chi connectivity index (χ2v) is 18.3.